The van der Waals surface area contributed by atoms with Crippen LogP contribution in [0.25, 0.3) is 0 Å². The van der Waals surface area contributed by atoms with Gasteiger partial charge in [-0.2, -0.15) is 0 Å². The molecule has 2 N–H and O–H groups in total. The number of aromatic nitrogens is 1. The van der Waals surface area contributed by atoms with E-state index in [1.807, 2.05) is 6.07 Å². The van der Waals surface area contributed by atoms with E-state index in [4.69, 9.17) is 4.74 Å². The van der Waals surface area contributed by atoms with Gasteiger partial charge in [-0.1, -0.05) is 24.6 Å². The fourth-order valence-electron chi connectivity index (χ4n) is 2.85. The second-order valence-electron chi connectivity index (χ2n) is 6.21. The minimum atomic E-state index is 0.801. The molecule has 26 heavy (non-hydrogen) atoms. The highest BCUT2D eigenvalue weighted by Gasteiger charge is 2.07. The lowest BCUT2D eigenvalue weighted by atomic mass is 10.1. The SMILES string of the molecule is CCc1nc(CCNC(=NC)NCCc2cc(C)ccc2OC)sc1C. The first kappa shape index (κ1) is 20.2. The molecule has 1 aromatic carbocycles. The van der Waals surface area contributed by atoms with Gasteiger partial charge in [0.2, 0.25) is 0 Å². The van der Waals surface area contributed by atoms with Gasteiger partial charge in [0.1, 0.15) is 5.75 Å². The smallest absolute Gasteiger partial charge is 0.191 e. The molecule has 0 aliphatic heterocycles. The fourth-order valence-corrected chi connectivity index (χ4v) is 3.87. The van der Waals surface area contributed by atoms with Crippen molar-refractivity contribution in [2.24, 2.45) is 4.99 Å². The maximum absolute atomic E-state index is 5.44. The lowest BCUT2D eigenvalue weighted by Gasteiger charge is -2.13. The Hall–Kier alpha value is -2.08. The fraction of sp³-hybridized carbons (Fsp3) is 0.500. The summed E-state index contributed by atoms with van der Waals surface area (Å²) in [5.74, 6) is 1.76. The molecular weight excluding hydrogens is 344 g/mol. The van der Waals surface area contributed by atoms with Gasteiger partial charge in [0.15, 0.2) is 5.96 Å². The number of methoxy groups -OCH3 is 1. The van der Waals surface area contributed by atoms with Crippen molar-refractivity contribution in [1.29, 1.82) is 0 Å². The summed E-state index contributed by atoms with van der Waals surface area (Å²) in [6.07, 6.45) is 2.80. The summed E-state index contributed by atoms with van der Waals surface area (Å²) >= 11 is 1.79. The lowest BCUT2D eigenvalue weighted by Crippen LogP contribution is -2.39. The quantitative estimate of drug-likeness (QED) is 0.550. The summed E-state index contributed by atoms with van der Waals surface area (Å²) in [4.78, 5) is 10.3. The molecule has 0 atom stereocenters. The molecule has 142 valence electrons. The number of nitrogens with one attached hydrogen (secondary N) is 2. The third-order valence-electron chi connectivity index (χ3n) is 4.25. The van der Waals surface area contributed by atoms with E-state index < -0.39 is 0 Å². The van der Waals surface area contributed by atoms with Gasteiger partial charge in [-0.3, -0.25) is 4.99 Å². The molecule has 1 heterocycles. The first-order valence-corrected chi connectivity index (χ1v) is 9.92. The van der Waals surface area contributed by atoms with Crippen LogP contribution in [-0.2, 0) is 19.3 Å². The third kappa shape index (κ3) is 5.73. The molecule has 2 rings (SSSR count). The minimum Gasteiger partial charge on any atom is -0.496 e. The maximum Gasteiger partial charge on any atom is 0.191 e. The van der Waals surface area contributed by atoms with E-state index in [2.05, 4.69) is 53.5 Å². The predicted molar refractivity (Wildman–Crippen MR) is 111 cm³/mol. The Kier molecular flexibility index (Phi) is 7.91. The van der Waals surface area contributed by atoms with Gasteiger partial charge in [-0.15, -0.1) is 11.3 Å². The zero-order valence-electron chi connectivity index (χ0n) is 16.5. The number of hydrogen-bond acceptors (Lipinski definition) is 4. The van der Waals surface area contributed by atoms with E-state index in [1.54, 1.807) is 25.5 Å². The number of hydrogen-bond donors (Lipinski definition) is 2. The molecule has 2 aromatic rings. The average molecular weight is 375 g/mol. The normalized spacial score (nSPS) is 11.5. The lowest BCUT2D eigenvalue weighted by molar-refractivity contribution is 0.409. The Morgan fingerprint density at radius 3 is 2.54 bits per heavy atom. The van der Waals surface area contributed by atoms with Crippen molar-refractivity contribution in [3.05, 3.63) is 44.9 Å². The summed E-state index contributed by atoms with van der Waals surface area (Å²) < 4.78 is 5.44. The predicted octanol–water partition coefficient (Wildman–Crippen LogP) is 3.28. The Labute approximate surface area is 160 Å². The van der Waals surface area contributed by atoms with E-state index >= 15 is 0 Å². The van der Waals surface area contributed by atoms with E-state index in [-0.39, 0.29) is 0 Å². The zero-order chi connectivity index (χ0) is 18.9. The largest absolute Gasteiger partial charge is 0.496 e. The Morgan fingerprint density at radius 1 is 1.19 bits per heavy atom. The topological polar surface area (TPSA) is 58.5 Å². The molecule has 0 aliphatic rings. The number of aryl methyl sites for hydroxylation is 3. The molecule has 0 aliphatic carbocycles. The first-order valence-electron chi connectivity index (χ1n) is 9.10. The number of aliphatic imine (C=N–C) groups is 1. The number of guanidine groups is 1. The second-order valence-corrected chi connectivity index (χ2v) is 7.49. The van der Waals surface area contributed by atoms with Gasteiger partial charge in [-0.05, 0) is 38.3 Å². The van der Waals surface area contributed by atoms with Crippen LogP contribution in [0.5, 0.6) is 5.75 Å². The van der Waals surface area contributed by atoms with Crippen molar-refractivity contribution in [1.82, 2.24) is 15.6 Å². The summed E-state index contributed by atoms with van der Waals surface area (Å²) in [7, 11) is 3.51. The van der Waals surface area contributed by atoms with Crippen molar-refractivity contribution >= 4 is 17.3 Å². The average Bonchev–Trinajstić information content (AvgIpc) is 3.00. The van der Waals surface area contributed by atoms with Gasteiger partial charge < -0.3 is 15.4 Å². The van der Waals surface area contributed by atoms with Crippen molar-refractivity contribution in [3.8, 4) is 5.75 Å². The molecule has 0 spiro atoms. The number of benzene rings is 1. The van der Waals surface area contributed by atoms with Crippen LogP contribution in [0.3, 0.4) is 0 Å². The molecule has 0 saturated heterocycles. The first-order chi connectivity index (χ1) is 12.6. The minimum absolute atomic E-state index is 0.801. The van der Waals surface area contributed by atoms with E-state index in [1.165, 1.54) is 26.7 Å². The van der Waals surface area contributed by atoms with Crippen LogP contribution in [-0.4, -0.2) is 38.2 Å². The van der Waals surface area contributed by atoms with E-state index in [9.17, 15) is 0 Å². The monoisotopic (exact) mass is 374 g/mol. The summed E-state index contributed by atoms with van der Waals surface area (Å²) in [5.41, 5.74) is 3.67. The van der Waals surface area contributed by atoms with Crippen LogP contribution in [0.1, 0.15) is 33.6 Å². The van der Waals surface area contributed by atoms with Crippen molar-refractivity contribution < 1.29 is 4.74 Å². The highest BCUT2D eigenvalue weighted by Crippen LogP contribution is 2.20. The van der Waals surface area contributed by atoms with Gasteiger partial charge in [-0.25, -0.2) is 4.98 Å². The van der Waals surface area contributed by atoms with Crippen LogP contribution in [0.2, 0.25) is 0 Å². The van der Waals surface area contributed by atoms with E-state index in [0.29, 0.717) is 0 Å². The summed E-state index contributed by atoms with van der Waals surface area (Å²) in [6, 6.07) is 6.27. The molecule has 5 nitrogen and oxygen atoms in total. The van der Waals surface area contributed by atoms with Gasteiger partial charge in [0.05, 0.1) is 17.8 Å². The molecule has 0 saturated carbocycles. The number of rotatable bonds is 8. The number of thiazole rings is 1. The molecular formula is C20H30N4OS. The van der Waals surface area contributed by atoms with Gasteiger partial charge in [0, 0.05) is 31.4 Å². The summed E-state index contributed by atoms with van der Waals surface area (Å²) in [6.45, 7) is 8.02. The molecule has 0 fully saturated rings. The van der Waals surface area contributed by atoms with Crippen LogP contribution in [0, 0.1) is 13.8 Å². The highest BCUT2D eigenvalue weighted by atomic mass is 32.1. The molecule has 0 bridgehead atoms. The highest BCUT2D eigenvalue weighted by molar-refractivity contribution is 7.11. The van der Waals surface area contributed by atoms with Crippen LogP contribution >= 0.6 is 11.3 Å². The second kappa shape index (κ2) is 10.2. The maximum atomic E-state index is 5.44. The van der Waals surface area contributed by atoms with Crippen LogP contribution in [0.15, 0.2) is 23.2 Å². The van der Waals surface area contributed by atoms with Crippen molar-refractivity contribution in [3.63, 3.8) is 0 Å². The molecule has 0 unspecified atom stereocenters. The van der Waals surface area contributed by atoms with Gasteiger partial charge >= 0.3 is 0 Å². The Morgan fingerprint density at radius 2 is 1.92 bits per heavy atom. The summed E-state index contributed by atoms with van der Waals surface area (Å²) in [5, 5.41) is 7.92. The number of ether oxygens (including phenoxy) is 1. The third-order valence-corrected chi connectivity index (χ3v) is 5.32. The van der Waals surface area contributed by atoms with E-state index in [0.717, 1.165) is 44.1 Å². The molecule has 6 heteroatoms. The molecule has 0 amide bonds. The van der Waals surface area contributed by atoms with Crippen molar-refractivity contribution in [2.75, 3.05) is 27.2 Å². The van der Waals surface area contributed by atoms with Crippen molar-refractivity contribution in [2.45, 2.75) is 40.0 Å². The Balaban J connectivity index is 1.78. The Bertz CT molecular complexity index is 739. The standard InChI is InChI=1S/C20H30N4OS/c1-6-17-15(3)26-19(24-17)10-12-23-20(21-4)22-11-9-16-13-14(2)7-8-18(16)25-5/h7-8,13H,6,9-12H2,1-5H3,(H2,21,22,23). The molecule has 1 aromatic heterocycles. The number of nitrogens with zero attached hydrogens (tertiary/aromatic N) is 2. The van der Waals surface area contributed by atoms with Gasteiger partial charge in [0.25, 0.3) is 0 Å². The van der Waals surface area contributed by atoms with Crippen LogP contribution < -0.4 is 15.4 Å². The molecule has 0 radical (unpaired) electrons. The van der Waals surface area contributed by atoms with Crippen LogP contribution in [0.4, 0.5) is 0 Å². The zero-order valence-corrected chi connectivity index (χ0v) is 17.3.